The molecular formula is C12H8ClFOS. The van der Waals surface area contributed by atoms with Crippen molar-refractivity contribution in [1.29, 1.82) is 0 Å². The van der Waals surface area contributed by atoms with Crippen molar-refractivity contribution < 1.29 is 9.18 Å². The summed E-state index contributed by atoms with van der Waals surface area (Å²) in [5.74, 6) is -0.312. The van der Waals surface area contributed by atoms with Crippen LogP contribution in [-0.2, 0) is 6.42 Å². The molecule has 1 aromatic heterocycles. The molecule has 0 aliphatic carbocycles. The summed E-state index contributed by atoms with van der Waals surface area (Å²) < 4.78 is 13.5. The molecule has 2 rings (SSSR count). The highest BCUT2D eigenvalue weighted by molar-refractivity contribution is 7.13. The van der Waals surface area contributed by atoms with Crippen LogP contribution >= 0.6 is 22.9 Å². The van der Waals surface area contributed by atoms with Gasteiger partial charge in [-0.3, -0.25) is 4.79 Å². The van der Waals surface area contributed by atoms with Crippen LogP contribution in [0.2, 0.25) is 5.02 Å². The zero-order valence-electron chi connectivity index (χ0n) is 8.24. The van der Waals surface area contributed by atoms with Crippen LogP contribution in [-0.4, -0.2) is 6.29 Å². The van der Waals surface area contributed by atoms with Crippen molar-refractivity contribution >= 4 is 29.2 Å². The van der Waals surface area contributed by atoms with E-state index >= 15 is 0 Å². The molecule has 0 aliphatic rings. The molecule has 0 spiro atoms. The van der Waals surface area contributed by atoms with Crippen LogP contribution in [0.1, 0.15) is 20.1 Å². The topological polar surface area (TPSA) is 17.1 Å². The molecule has 0 unspecified atom stereocenters. The first-order valence-electron chi connectivity index (χ1n) is 4.67. The summed E-state index contributed by atoms with van der Waals surface area (Å²) in [6.07, 6.45) is 1.21. The van der Waals surface area contributed by atoms with Crippen LogP contribution in [0.5, 0.6) is 0 Å². The number of rotatable bonds is 3. The van der Waals surface area contributed by atoms with E-state index in [1.54, 1.807) is 18.2 Å². The lowest BCUT2D eigenvalue weighted by atomic mass is 10.1. The minimum absolute atomic E-state index is 0.312. The number of carbonyl (C=O) groups is 1. The number of aldehydes is 1. The third kappa shape index (κ3) is 2.31. The van der Waals surface area contributed by atoms with Crippen LogP contribution in [0.25, 0.3) is 0 Å². The zero-order valence-corrected chi connectivity index (χ0v) is 9.82. The predicted molar refractivity (Wildman–Crippen MR) is 63.9 cm³/mol. The molecule has 1 aromatic carbocycles. The minimum atomic E-state index is -0.312. The van der Waals surface area contributed by atoms with Gasteiger partial charge in [0, 0.05) is 21.9 Å². The van der Waals surface area contributed by atoms with Gasteiger partial charge in [0.1, 0.15) is 5.82 Å². The van der Waals surface area contributed by atoms with Gasteiger partial charge in [-0.15, -0.1) is 11.3 Å². The molecule has 1 heterocycles. The largest absolute Gasteiger partial charge is 0.297 e. The van der Waals surface area contributed by atoms with Gasteiger partial charge in [0.2, 0.25) is 0 Å². The van der Waals surface area contributed by atoms with Crippen LogP contribution in [0, 0.1) is 5.82 Å². The standard InChI is InChI=1S/C12H8ClFOS/c13-11-2-1-3-12(14)10(11)6-8-4-5-9(7-15)16-8/h1-5,7H,6H2. The summed E-state index contributed by atoms with van der Waals surface area (Å²) in [4.78, 5) is 12.1. The van der Waals surface area contributed by atoms with Crippen LogP contribution in [0.15, 0.2) is 30.3 Å². The van der Waals surface area contributed by atoms with E-state index < -0.39 is 0 Å². The van der Waals surface area contributed by atoms with Crippen molar-refractivity contribution in [2.75, 3.05) is 0 Å². The number of benzene rings is 1. The van der Waals surface area contributed by atoms with E-state index in [-0.39, 0.29) is 5.82 Å². The molecule has 82 valence electrons. The Labute approximate surface area is 101 Å². The molecule has 0 atom stereocenters. The number of thiophene rings is 1. The van der Waals surface area contributed by atoms with Crippen LogP contribution in [0.4, 0.5) is 4.39 Å². The Morgan fingerprint density at radius 3 is 2.75 bits per heavy atom. The van der Waals surface area contributed by atoms with E-state index in [1.807, 2.05) is 6.07 Å². The summed E-state index contributed by atoms with van der Waals surface area (Å²) >= 11 is 7.27. The number of halogens is 2. The van der Waals surface area contributed by atoms with Crippen molar-refractivity contribution in [3.63, 3.8) is 0 Å². The average molecular weight is 255 g/mol. The minimum Gasteiger partial charge on any atom is -0.297 e. The summed E-state index contributed by atoms with van der Waals surface area (Å²) in [6, 6.07) is 8.16. The fourth-order valence-electron chi connectivity index (χ4n) is 1.43. The van der Waals surface area contributed by atoms with Gasteiger partial charge in [-0.25, -0.2) is 4.39 Å². The average Bonchev–Trinajstić information content (AvgIpc) is 2.71. The first kappa shape index (κ1) is 11.3. The molecule has 0 radical (unpaired) electrons. The maximum absolute atomic E-state index is 13.5. The lowest BCUT2D eigenvalue weighted by molar-refractivity contribution is 0.112. The Bertz CT molecular complexity index is 501. The molecule has 0 N–H and O–H groups in total. The van der Waals surface area contributed by atoms with Gasteiger partial charge in [0.05, 0.1) is 4.88 Å². The predicted octanol–water partition coefficient (Wildman–Crippen LogP) is 3.94. The maximum Gasteiger partial charge on any atom is 0.160 e. The Morgan fingerprint density at radius 2 is 2.12 bits per heavy atom. The highest BCUT2D eigenvalue weighted by Gasteiger charge is 2.09. The van der Waals surface area contributed by atoms with E-state index in [1.165, 1.54) is 17.4 Å². The Hall–Kier alpha value is -1.19. The summed E-state index contributed by atoms with van der Waals surface area (Å²) in [5.41, 5.74) is 0.475. The van der Waals surface area contributed by atoms with Gasteiger partial charge in [-0.05, 0) is 24.3 Å². The zero-order chi connectivity index (χ0) is 11.5. The van der Waals surface area contributed by atoms with E-state index in [4.69, 9.17) is 11.6 Å². The SMILES string of the molecule is O=Cc1ccc(Cc2c(F)cccc2Cl)s1. The monoisotopic (exact) mass is 254 g/mol. The fourth-order valence-corrected chi connectivity index (χ4v) is 2.50. The van der Waals surface area contributed by atoms with Crippen LogP contribution < -0.4 is 0 Å². The van der Waals surface area contributed by atoms with Gasteiger partial charge in [-0.2, -0.15) is 0 Å². The van der Waals surface area contributed by atoms with Gasteiger partial charge >= 0.3 is 0 Å². The Balaban J connectivity index is 2.29. The molecule has 0 amide bonds. The Kier molecular flexibility index (Phi) is 3.36. The van der Waals surface area contributed by atoms with E-state index in [0.717, 1.165) is 11.2 Å². The number of carbonyl (C=O) groups excluding carboxylic acids is 1. The molecule has 0 aliphatic heterocycles. The molecule has 0 fully saturated rings. The van der Waals surface area contributed by atoms with Gasteiger partial charge in [0.25, 0.3) is 0 Å². The molecule has 4 heteroatoms. The van der Waals surface area contributed by atoms with Gasteiger partial charge in [-0.1, -0.05) is 17.7 Å². The molecule has 0 saturated carbocycles. The van der Waals surface area contributed by atoms with E-state index in [9.17, 15) is 9.18 Å². The lowest BCUT2D eigenvalue weighted by Gasteiger charge is -2.03. The molecule has 0 saturated heterocycles. The third-order valence-electron chi connectivity index (χ3n) is 2.21. The second-order valence-corrected chi connectivity index (χ2v) is 4.91. The van der Waals surface area contributed by atoms with E-state index in [2.05, 4.69) is 0 Å². The van der Waals surface area contributed by atoms with E-state index in [0.29, 0.717) is 21.9 Å². The third-order valence-corrected chi connectivity index (χ3v) is 3.58. The van der Waals surface area contributed by atoms with Crippen LogP contribution in [0.3, 0.4) is 0 Å². The van der Waals surface area contributed by atoms with Crippen molar-refractivity contribution in [2.45, 2.75) is 6.42 Å². The molecule has 0 bridgehead atoms. The smallest absolute Gasteiger partial charge is 0.160 e. The summed E-state index contributed by atoms with van der Waals surface area (Å²) in [6.45, 7) is 0. The second kappa shape index (κ2) is 4.76. The quantitative estimate of drug-likeness (QED) is 0.758. The Morgan fingerprint density at radius 1 is 1.31 bits per heavy atom. The van der Waals surface area contributed by atoms with Crippen molar-refractivity contribution in [2.24, 2.45) is 0 Å². The van der Waals surface area contributed by atoms with Crippen molar-refractivity contribution in [3.8, 4) is 0 Å². The number of hydrogen-bond acceptors (Lipinski definition) is 2. The molecule has 2 aromatic rings. The van der Waals surface area contributed by atoms with Crippen molar-refractivity contribution in [3.05, 3.63) is 56.5 Å². The molecular weight excluding hydrogens is 247 g/mol. The maximum atomic E-state index is 13.5. The second-order valence-electron chi connectivity index (χ2n) is 3.30. The van der Waals surface area contributed by atoms with Gasteiger partial charge in [0.15, 0.2) is 6.29 Å². The van der Waals surface area contributed by atoms with Gasteiger partial charge < -0.3 is 0 Å². The first-order valence-corrected chi connectivity index (χ1v) is 5.87. The van der Waals surface area contributed by atoms with Crippen molar-refractivity contribution in [1.82, 2.24) is 0 Å². The first-order chi connectivity index (χ1) is 7.70. The highest BCUT2D eigenvalue weighted by atomic mass is 35.5. The fraction of sp³-hybridized carbons (Fsp3) is 0.0833. The highest BCUT2D eigenvalue weighted by Crippen LogP contribution is 2.25. The normalized spacial score (nSPS) is 10.4. The number of hydrogen-bond donors (Lipinski definition) is 0. The lowest BCUT2D eigenvalue weighted by Crippen LogP contribution is -1.91. The molecule has 16 heavy (non-hydrogen) atoms. The summed E-state index contributed by atoms with van der Waals surface area (Å²) in [5, 5.41) is 0.418. The summed E-state index contributed by atoms with van der Waals surface area (Å²) in [7, 11) is 0. The molecule has 1 nitrogen and oxygen atoms in total.